The fourth-order valence-electron chi connectivity index (χ4n) is 1.55. The SMILES string of the molecule is NCC(OCc1ccco1)c1ccccc1. The molecule has 84 valence electrons. The molecule has 3 heteroatoms. The number of benzene rings is 1. The first kappa shape index (κ1) is 10.9. The highest BCUT2D eigenvalue weighted by molar-refractivity contribution is 5.17. The summed E-state index contributed by atoms with van der Waals surface area (Å²) in [6.45, 7) is 0.911. The van der Waals surface area contributed by atoms with E-state index in [0.717, 1.165) is 11.3 Å². The Kier molecular flexibility index (Phi) is 3.75. The number of ether oxygens (including phenoxy) is 1. The fourth-order valence-corrected chi connectivity index (χ4v) is 1.55. The van der Waals surface area contributed by atoms with Crippen LogP contribution in [0.5, 0.6) is 0 Å². The van der Waals surface area contributed by atoms with Gasteiger partial charge in [0.25, 0.3) is 0 Å². The largest absolute Gasteiger partial charge is 0.467 e. The van der Waals surface area contributed by atoms with Gasteiger partial charge in [0, 0.05) is 6.54 Å². The van der Waals surface area contributed by atoms with E-state index in [9.17, 15) is 0 Å². The first-order valence-electron chi connectivity index (χ1n) is 5.29. The van der Waals surface area contributed by atoms with E-state index in [1.165, 1.54) is 0 Å². The van der Waals surface area contributed by atoms with Crippen molar-refractivity contribution in [2.75, 3.05) is 6.54 Å². The third kappa shape index (κ3) is 2.72. The molecule has 1 unspecified atom stereocenters. The van der Waals surface area contributed by atoms with Crippen LogP contribution in [-0.2, 0) is 11.3 Å². The van der Waals surface area contributed by atoms with Gasteiger partial charge in [0.05, 0.1) is 12.4 Å². The quantitative estimate of drug-likeness (QED) is 0.837. The van der Waals surface area contributed by atoms with E-state index >= 15 is 0 Å². The van der Waals surface area contributed by atoms with E-state index in [1.54, 1.807) is 6.26 Å². The van der Waals surface area contributed by atoms with Crippen LogP contribution in [0.1, 0.15) is 17.4 Å². The summed E-state index contributed by atoms with van der Waals surface area (Å²) in [5.74, 6) is 0.814. The van der Waals surface area contributed by atoms with Gasteiger partial charge >= 0.3 is 0 Å². The second-order valence-electron chi connectivity index (χ2n) is 3.53. The van der Waals surface area contributed by atoms with Gasteiger partial charge in [-0.05, 0) is 17.7 Å². The van der Waals surface area contributed by atoms with Gasteiger partial charge in [-0.15, -0.1) is 0 Å². The second kappa shape index (κ2) is 5.49. The molecular weight excluding hydrogens is 202 g/mol. The molecule has 0 fully saturated rings. The van der Waals surface area contributed by atoms with E-state index < -0.39 is 0 Å². The van der Waals surface area contributed by atoms with E-state index in [0.29, 0.717) is 13.2 Å². The monoisotopic (exact) mass is 217 g/mol. The number of nitrogens with two attached hydrogens (primary N) is 1. The summed E-state index contributed by atoms with van der Waals surface area (Å²) in [7, 11) is 0. The van der Waals surface area contributed by atoms with Gasteiger partial charge in [-0.25, -0.2) is 0 Å². The van der Waals surface area contributed by atoms with Crippen LogP contribution in [0.2, 0.25) is 0 Å². The Balaban J connectivity index is 1.96. The Morgan fingerprint density at radius 1 is 1.12 bits per heavy atom. The smallest absolute Gasteiger partial charge is 0.129 e. The Bertz CT molecular complexity index is 397. The molecule has 2 aromatic rings. The standard InChI is InChI=1S/C13H15NO2/c14-9-13(11-5-2-1-3-6-11)16-10-12-7-4-8-15-12/h1-8,13H,9-10,14H2. The van der Waals surface area contributed by atoms with E-state index in [1.807, 2.05) is 42.5 Å². The average molecular weight is 217 g/mol. The van der Waals surface area contributed by atoms with Gasteiger partial charge in [-0.1, -0.05) is 30.3 Å². The molecule has 0 amide bonds. The van der Waals surface area contributed by atoms with Crippen LogP contribution in [0.15, 0.2) is 53.1 Å². The predicted molar refractivity (Wildman–Crippen MR) is 61.7 cm³/mol. The molecule has 0 saturated carbocycles. The lowest BCUT2D eigenvalue weighted by Crippen LogP contribution is -2.15. The summed E-state index contributed by atoms with van der Waals surface area (Å²) in [6.07, 6.45) is 1.56. The zero-order valence-corrected chi connectivity index (χ0v) is 9.00. The Hall–Kier alpha value is -1.58. The van der Waals surface area contributed by atoms with Crippen molar-refractivity contribution in [2.24, 2.45) is 5.73 Å². The van der Waals surface area contributed by atoms with Gasteiger partial charge in [-0.2, -0.15) is 0 Å². The van der Waals surface area contributed by atoms with Crippen LogP contribution in [0, 0.1) is 0 Å². The van der Waals surface area contributed by atoms with Gasteiger partial charge in [0.1, 0.15) is 12.4 Å². The third-order valence-electron chi connectivity index (χ3n) is 2.39. The summed E-state index contributed by atoms with van der Waals surface area (Å²) >= 11 is 0. The first-order valence-corrected chi connectivity index (χ1v) is 5.29. The van der Waals surface area contributed by atoms with Crippen molar-refractivity contribution in [1.29, 1.82) is 0 Å². The molecule has 0 saturated heterocycles. The molecule has 0 spiro atoms. The Morgan fingerprint density at radius 3 is 2.56 bits per heavy atom. The highest BCUT2D eigenvalue weighted by Gasteiger charge is 2.10. The molecule has 1 aromatic heterocycles. The molecule has 2 rings (SSSR count). The van der Waals surface area contributed by atoms with Crippen molar-refractivity contribution in [2.45, 2.75) is 12.7 Å². The van der Waals surface area contributed by atoms with Crippen molar-refractivity contribution < 1.29 is 9.15 Å². The first-order chi connectivity index (χ1) is 7.90. The molecule has 0 bridgehead atoms. The molecule has 3 nitrogen and oxygen atoms in total. The predicted octanol–water partition coefficient (Wildman–Crippen LogP) is 2.50. The summed E-state index contributed by atoms with van der Waals surface area (Å²) in [5, 5.41) is 0. The van der Waals surface area contributed by atoms with Crippen molar-refractivity contribution in [3.63, 3.8) is 0 Å². The van der Waals surface area contributed by atoms with Crippen LogP contribution in [-0.4, -0.2) is 6.54 Å². The summed E-state index contributed by atoms with van der Waals surface area (Å²) < 4.78 is 10.9. The van der Waals surface area contributed by atoms with Crippen LogP contribution < -0.4 is 5.73 Å². The molecule has 16 heavy (non-hydrogen) atoms. The number of rotatable bonds is 5. The summed E-state index contributed by atoms with van der Waals surface area (Å²) in [4.78, 5) is 0. The molecule has 0 aliphatic heterocycles. The highest BCUT2D eigenvalue weighted by Crippen LogP contribution is 2.17. The minimum atomic E-state index is -0.0775. The van der Waals surface area contributed by atoms with Crippen molar-refractivity contribution >= 4 is 0 Å². The van der Waals surface area contributed by atoms with Gasteiger partial charge in [0.2, 0.25) is 0 Å². The van der Waals surface area contributed by atoms with Gasteiger partial charge in [0.15, 0.2) is 0 Å². The molecule has 0 radical (unpaired) electrons. The minimum Gasteiger partial charge on any atom is -0.467 e. The maximum atomic E-state index is 5.70. The van der Waals surface area contributed by atoms with E-state index in [4.69, 9.17) is 14.9 Å². The van der Waals surface area contributed by atoms with Crippen molar-refractivity contribution in [3.8, 4) is 0 Å². The Morgan fingerprint density at radius 2 is 1.94 bits per heavy atom. The maximum Gasteiger partial charge on any atom is 0.129 e. The molecule has 1 aromatic carbocycles. The maximum absolute atomic E-state index is 5.70. The van der Waals surface area contributed by atoms with Gasteiger partial charge < -0.3 is 14.9 Å². The number of hydrogen-bond acceptors (Lipinski definition) is 3. The minimum absolute atomic E-state index is 0.0775. The number of furan rings is 1. The fraction of sp³-hybridized carbons (Fsp3) is 0.231. The second-order valence-corrected chi connectivity index (χ2v) is 3.53. The molecule has 0 aliphatic carbocycles. The topological polar surface area (TPSA) is 48.4 Å². The summed E-state index contributed by atoms with van der Waals surface area (Å²) in [6, 6.07) is 13.7. The molecule has 0 aliphatic rings. The number of hydrogen-bond donors (Lipinski definition) is 1. The Labute approximate surface area is 94.8 Å². The lowest BCUT2D eigenvalue weighted by atomic mass is 10.1. The average Bonchev–Trinajstić information content (AvgIpc) is 2.84. The van der Waals surface area contributed by atoms with Crippen LogP contribution in [0.4, 0.5) is 0 Å². The third-order valence-corrected chi connectivity index (χ3v) is 2.39. The van der Waals surface area contributed by atoms with Crippen LogP contribution in [0.25, 0.3) is 0 Å². The van der Waals surface area contributed by atoms with E-state index in [-0.39, 0.29) is 6.10 Å². The lowest BCUT2D eigenvalue weighted by Gasteiger charge is -2.15. The van der Waals surface area contributed by atoms with Crippen molar-refractivity contribution in [1.82, 2.24) is 0 Å². The summed E-state index contributed by atoms with van der Waals surface area (Å²) in [5.41, 5.74) is 6.78. The van der Waals surface area contributed by atoms with Crippen LogP contribution >= 0.6 is 0 Å². The molecular formula is C13H15NO2. The molecule has 2 N–H and O–H groups in total. The van der Waals surface area contributed by atoms with Crippen molar-refractivity contribution in [3.05, 3.63) is 60.1 Å². The zero-order chi connectivity index (χ0) is 11.2. The van der Waals surface area contributed by atoms with E-state index in [2.05, 4.69) is 0 Å². The highest BCUT2D eigenvalue weighted by atomic mass is 16.5. The molecule has 1 atom stereocenters. The van der Waals surface area contributed by atoms with Gasteiger partial charge in [-0.3, -0.25) is 0 Å². The zero-order valence-electron chi connectivity index (χ0n) is 9.00. The normalized spacial score (nSPS) is 12.6. The van der Waals surface area contributed by atoms with Crippen LogP contribution in [0.3, 0.4) is 0 Å². The molecule has 1 heterocycles. The lowest BCUT2D eigenvalue weighted by molar-refractivity contribution is 0.0355.